The van der Waals surface area contributed by atoms with Crippen molar-refractivity contribution in [2.75, 3.05) is 0 Å². The predicted molar refractivity (Wildman–Crippen MR) is 47.3 cm³/mol. The van der Waals surface area contributed by atoms with Crippen molar-refractivity contribution < 1.29 is 14.7 Å². The molecule has 13 heavy (non-hydrogen) atoms. The van der Waals surface area contributed by atoms with E-state index in [-0.39, 0.29) is 0 Å². The minimum atomic E-state index is -2.10. The summed E-state index contributed by atoms with van der Waals surface area (Å²) in [5, 5.41) is 9.27. The highest BCUT2D eigenvalue weighted by atomic mass is 35.6. The van der Waals surface area contributed by atoms with Crippen molar-refractivity contribution in [3.63, 3.8) is 0 Å². The van der Waals surface area contributed by atoms with Gasteiger partial charge in [-0.3, -0.25) is 9.59 Å². The zero-order valence-corrected chi connectivity index (χ0v) is 8.34. The van der Waals surface area contributed by atoms with Gasteiger partial charge in [0.1, 0.15) is 0 Å². The van der Waals surface area contributed by atoms with Crippen molar-refractivity contribution in [3.05, 3.63) is 12.2 Å². The Morgan fingerprint density at radius 2 is 1.62 bits per heavy atom. The lowest BCUT2D eigenvalue weighted by Crippen LogP contribution is -2.47. The number of amides is 2. The molecular formula is C6H4Cl3NO3. The molecule has 0 aromatic rings. The largest absolute Gasteiger partial charge is 0.369 e. The Balaban J connectivity index is 2.85. The third kappa shape index (κ3) is 2.14. The van der Waals surface area contributed by atoms with Crippen LogP contribution in [0, 0.1) is 0 Å². The summed E-state index contributed by atoms with van der Waals surface area (Å²) in [5.74, 6) is -1.41. The lowest BCUT2D eigenvalue weighted by atomic mass is 10.5. The van der Waals surface area contributed by atoms with Crippen molar-refractivity contribution in [2.45, 2.75) is 10.0 Å². The second-order valence-corrected chi connectivity index (χ2v) is 4.66. The topological polar surface area (TPSA) is 57.6 Å². The van der Waals surface area contributed by atoms with Gasteiger partial charge >= 0.3 is 0 Å². The summed E-state index contributed by atoms with van der Waals surface area (Å²) in [5.41, 5.74) is 0. The van der Waals surface area contributed by atoms with Crippen molar-refractivity contribution in [3.8, 4) is 0 Å². The van der Waals surface area contributed by atoms with Gasteiger partial charge in [0, 0.05) is 12.2 Å². The number of carbonyl (C=O) groups is 2. The molecule has 0 spiro atoms. The average molecular weight is 244 g/mol. The highest BCUT2D eigenvalue weighted by Gasteiger charge is 2.42. The van der Waals surface area contributed by atoms with E-state index in [9.17, 15) is 14.7 Å². The van der Waals surface area contributed by atoms with E-state index in [0.717, 1.165) is 12.2 Å². The van der Waals surface area contributed by atoms with Gasteiger partial charge in [-0.2, -0.15) is 0 Å². The molecule has 0 saturated carbocycles. The molecule has 1 N–H and O–H groups in total. The van der Waals surface area contributed by atoms with Gasteiger partial charge in [-0.25, -0.2) is 4.90 Å². The van der Waals surface area contributed by atoms with E-state index in [1.54, 1.807) is 0 Å². The maximum Gasteiger partial charge on any atom is 0.255 e. The van der Waals surface area contributed by atoms with Crippen molar-refractivity contribution in [2.24, 2.45) is 0 Å². The Labute approximate surface area is 88.7 Å². The maximum absolute atomic E-state index is 11.0. The molecule has 0 saturated heterocycles. The van der Waals surface area contributed by atoms with Gasteiger partial charge in [0.25, 0.3) is 11.8 Å². The second-order valence-electron chi connectivity index (χ2n) is 2.30. The molecule has 72 valence electrons. The van der Waals surface area contributed by atoms with Crippen molar-refractivity contribution >= 4 is 46.6 Å². The van der Waals surface area contributed by atoms with Crippen LogP contribution in [-0.4, -0.2) is 31.8 Å². The van der Waals surface area contributed by atoms with Gasteiger partial charge in [-0.15, -0.1) is 0 Å². The third-order valence-corrected chi connectivity index (χ3v) is 1.97. The summed E-state index contributed by atoms with van der Waals surface area (Å²) < 4.78 is -2.10. The Hall–Kier alpha value is -0.290. The molecule has 0 bridgehead atoms. The van der Waals surface area contributed by atoms with E-state index in [2.05, 4.69) is 0 Å². The second kappa shape index (κ2) is 3.46. The number of aliphatic hydroxyl groups is 1. The molecule has 1 unspecified atom stereocenters. The van der Waals surface area contributed by atoms with E-state index in [1.165, 1.54) is 0 Å². The molecule has 0 aromatic heterocycles. The zero-order valence-electron chi connectivity index (χ0n) is 6.08. The number of imide groups is 1. The molecule has 1 rings (SSSR count). The first-order valence-corrected chi connectivity index (χ1v) is 4.27. The van der Waals surface area contributed by atoms with E-state index in [4.69, 9.17) is 34.8 Å². The Morgan fingerprint density at radius 3 is 1.92 bits per heavy atom. The summed E-state index contributed by atoms with van der Waals surface area (Å²) in [6.07, 6.45) is 0.205. The fourth-order valence-electron chi connectivity index (χ4n) is 0.799. The summed E-state index contributed by atoms with van der Waals surface area (Å²) in [6.45, 7) is 0. The van der Waals surface area contributed by atoms with Crippen LogP contribution in [-0.2, 0) is 9.59 Å². The minimum Gasteiger partial charge on any atom is -0.369 e. The summed E-state index contributed by atoms with van der Waals surface area (Å²) in [6, 6.07) is 0. The average Bonchev–Trinajstić information content (AvgIpc) is 2.28. The third-order valence-electron chi connectivity index (χ3n) is 1.38. The van der Waals surface area contributed by atoms with Crippen LogP contribution >= 0.6 is 34.8 Å². The molecule has 0 aromatic carbocycles. The van der Waals surface area contributed by atoms with Crippen LogP contribution in [0.2, 0.25) is 0 Å². The van der Waals surface area contributed by atoms with Crippen LogP contribution in [0.4, 0.5) is 0 Å². The molecule has 0 radical (unpaired) electrons. The SMILES string of the molecule is O=C1C=CC(=O)N1C(O)C(Cl)(Cl)Cl. The number of alkyl halides is 3. The first-order valence-electron chi connectivity index (χ1n) is 3.14. The zero-order chi connectivity index (χ0) is 10.2. The first kappa shape index (κ1) is 10.8. The molecular weight excluding hydrogens is 240 g/mol. The van der Waals surface area contributed by atoms with Crippen LogP contribution in [0.5, 0.6) is 0 Å². The van der Waals surface area contributed by atoms with E-state index < -0.39 is 21.8 Å². The molecule has 7 heteroatoms. The van der Waals surface area contributed by atoms with Crippen LogP contribution in [0.15, 0.2) is 12.2 Å². The lowest BCUT2D eigenvalue weighted by molar-refractivity contribution is -0.147. The fourth-order valence-corrected chi connectivity index (χ4v) is 1.09. The number of nitrogens with zero attached hydrogens (tertiary/aromatic N) is 1. The first-order chi connectivity index (χ1) is 5.84. The van der Waals surface area contributed by atoms with Crippen LogP contribution in [0.3, 0.4) is 0 Å². The fraction of sp³-hybridized carbons (Fsp3) is 0.333. The quantitative estimate of drug-likeness (QED) is 0.543. The number of carbonyl (C=O) groups excluding carboxylic acids is 2. The van der Waals surface area contributed by atoms with Gasteiger partial charge in [-0.05, 0) is 0 Å². The van der Waals surface area contributed by atoms with Gasteiger partial charge in [-0.1, -0.05) is 34.8 Å². The summed E-state index contributed by atoms with van der Waals surface area (Å²) >= 11 is 15.9. The molecule has 1 aliphatic rings. The highest BCUT2D eigenvalue weighted by molar-refractivity contribution is 6.68. The number of halogens is 3. The Bertz CT molecular complexity index is 265. The van der Waals surface area contributed by atoms with Crippen LogP contribution in [0.25, 0.3) is 0 Å². The molecule has 4 nitrogen and oxygen atoms in total. The summed E-state index contributed by atoms with van der Waals surface area (Å²) in [7, 11) is 0. The standard InChI is InChI=1S/C6H4Cl3NO3/c7-6(8,9)5(13)10-3(11)1-2-4(10)12/h1-2,5,13H. The normalized spacial score (nSPS) is 19.8. The molecule has 1 heterocycles. The van der Waals surface area contributed by atoms with Crippen LogP contribution < -0.4 is 0 Å². The Kier molecular flexibility index (Phi) is 2.87. The molecule has 0 aliphatic carbocycles. The maximum atomic E-state index is 11.0. The number of hydrogen-bond donors (Lipinski definition) is 1. The Morgan fingerprint density at radius 1 is 1.23 bits per heavy atom. The summed E-state index contributed by atoms with van der Waals surface area (Å²) in [4.78, 5) is 22.4. The van der Waals surface area contributed by atoms with E-state index in [0.29, 0.717) is 4.90 Å². The van der Waals surface area contributed by atoms with Crippen molar-refractivity contribution in [1.29, 1.82) is 0 Å². The van der Waals surface area contributed by atoms with Gasteiger partial charge in [0.05, 0.1) is 0 Å². The van der Waals surface area contributed by atoms with Crippen molar-refractivity contribution in [1.82, 2.24) is 4.90 Å². The van der Waals surface area contributed by atoms with E-state index in [1.807, 2.05) is 0 Å². The van der Waals surface area contributed by atoms with Gasteiger partial charge in [0.15, 0.2) is 6.23 Å². The number of hydrogen-bond acceptors (Lipinski definition) is 3. The molecule has 2 amide bonds. The highest BCUT2D eigenvalue weighted by Crippen LogP contribution is 2.33. The monoisotopic (exact) mass is 243 g/mol. The predicted octanol–water partition coefficient (Wildman–Crippen LogP) is 0.600. The van der Waals surface area contributed by atoms with Gasteiger partial charge in [0.2, 0.25) is 3.79 Å². The molecule has 1 atom stereocenters. The lowest BCUT2D eigenvalue weighted by Gasteiger charge is -2.26. The molecule has 1 aliphatic heterocycles. The van der Waals surface area contributed by atoms with Crippen LogP contribution in [0.1, 0.15) is 0 Å². The van der Waals surface area contributed by atoms with E-state index >= 15 is 0 Å². The number of aliphatic hydroxyl groups excluding tert-OH is 1. The number of rotatable bonds is 1. The molecule has 0 fully saturated rings. The smallest absolute Gasteiger partial charge is 0.255 e. The van der Waals surface area contributed by atoms with Gasteiger partial charge < -0.3 is 5.11 Å². The minimum absolute atomic E-state index is 0.465.